The molecule has 3 N–H and O–H groups in total. The number of aromatic nitrogens is 1. The molecule has 4 aromatic rings. The van der Waals surface area contributed by atoms with E-state index in [1.807, 2.05) is 0 Å². The van der Waals surface area contributed by atoms with Crippen LogP contribution in [-0.4, -0.2) is 43.3 Å². The number of fused-ring (bicyclic) bond motifs is 1. The third-order valence-electron chi connectivity index (χ3n) is 5.78. The molecular formula is C27H26ClFN2O5. The van der Waals surface area contributed by atoms with E-state index in [1.165, 1.54) is 20.3 Å². The lowest BCUT2D eigenvalue weighted by molar-refractivity contribution is 0.0970. The molecule has 3 aromatic carbocycles. The molecule has 1 unspecified atom stereocenters. The molecule has 0 bridgehead atoms. The van der Waals surface area contributed by atoms with Crippen LogP contribution in [0.2, 0.25) is 5.02 Å². The van der Waals surface area contributed by atoms with Gasteiger partial charge >= 0.3 is 0 Å². The van der Waals surface area contributed by atoms with Crippen LogP contribution < -0.4 is 19.5 Å². The highest BCUT2D eigenvalue weighted by atomic mass is 35.5. The minimum atomic E-state index is -0.903. The number of hydrogen-bond donors (Lipinski definition) is 3. The van der Waals surface area contributed by atoms with E-state index in [4.69, 9.17) is 30.9 Å². The Kier molecular flexibility index (Phi) is 7.67. The zero-order valence-electron chi connectivity index (χ0n) is 20.0. The van der Waals surface area contributed by atoms with E-state index >= 15 is 0 Å². The number of anilines is 1. The maximum Gasteiger partial charge on any atom is 0.191 e. The third-order valence-corrected chi connectivity index (χ3v) is 6.02. The molecule has 0 spiro atoms. The van der Waals surface area contributed by atoms with Crippen molar-refractivity contribution in [3.05, 3.63) is 82.3 Å². The minimum absolute atomic E-state index is 0.102. The summed E-state index contributed by atoms with van der Waals surface area (Å²) in [5.74, 6) is 0.756. The van der Waals surface area contributed by atoms with Crippen LogP contribution in [0.1, 0.15) is 27.5 Å². The standard InChI is InChI=1S/C27H26ClFN2O5/c1-15-8-21-22(14-30-24(21)13-23(15)29)27(33)26(20-5-4-16(28)9-25(20)35-3)31-17-10-18(34-2)12-19(11-17)36-7-6-32/h4-5,8-14,26,30-32H,6-7H2,1-3H3. The molecule has 0 aliphatic heterocycles. The molecule has 36 heavy (non-hydrogen) atoms. The molecular weight excluding hydrogens is 487 g/mol. The van der Waals surface area contributed by atoms with Gasteiger partial charge in [-0.1, -0.05) is 17.7 Å². The number of nitrogens with one attached hydrogen (secondary N) is 2. The van der Waals surface area contributed by atoms with Crippen molar-refractivity contribution in [3.63, 3.8) is 0 Å². The van der Waals surface area contributed by atoms with Gasteiger partial charge in [-0.2, -0.15) is 0 Å². The van der Waals surface area contributed by atoms with Crippen molar-refractivity contribution in [1.82, 2.24) is 4.98 Å². The van der Waals surface area contributed by atoms with E-state index < -0.39 is 6.04 Å². The van der Waals surface area contributed by atoms with E-state index in [-0.39, 0.29) is 24.8 Å². The number of methoxy groups -OCH3 is 2. The van der Waals surface area contributed by atoms with Crippen LogP contribution in [0.4, 0.5) is 10.1 Å². The molecule has 0 amide bonds. The van der Waals surface area contributed by atoms with Gasteiger partial charge in [0.15, 0.2) is 5.78 Å². The first kappa shape index (κ1) is 25.3. The Morgan fingerprint density at radius 2 is 1.89 bits per heavy atom. The normalized spacial score (nSPS) is 11.8. The Balaban J connectivity index is 1.82. The van der Waals surface area contributed by atoms with Crippen LogP contribution in [0, 0.1) is 12.7 Å². The lowest BCUT2D eigenvalue weighted by Crippen LogP contribution is -2.22. The second-order valence-corrected chi connectivity index (χ2v) is 8.58. The van der Waals surface area contributed by atoms with Gasteiger partial charge in [0, 0.05) is 57.1 Å². The summed E-state index contributed by atoms with van der Waals surface area (Å²) < 4.78 is 30.6. The molecule has 1 aromatic heterocycles. The summed E-state index contributed by atoms with van der Waals surface area (Å²) in [4.78, 5) is 17.0. The summed E-state index contributed by atoms with van der Waals surface area (Å²) in [6, 6.07) is 12.3. The number of carbonyl (C=O) groups excluding carboxylic acids is 1. The molecule has 4 rings (SSSR count). The quantitative estimate of drug-likeness (QED) is 0.236. The van der Waals surface area contributed by atoms with E-state index in [1.54, 1.807) is 55.6 Å². The zero-order valence-corrected chi connectivity index (χ0v) is 20.8. The van der Waals surface area contributed by atoms with Crippen molar-refractivity contribution in [2.45, 2.75) is 13.0 Å². The number of halogens is 2. The molecule has 188 valence electrons. The molecule has 0 aliphatic rings. The number of H-pyrrole nitrogens is 1. The zero-order chi connectivity index (χ0) is 25.8. The lowest BCUT2D eigenvalue weighted by atomic mass is 9.95. The Morgan fingerprint density at radius 1 is 1.11 bits per heavy atom. The van der Waals surface area contributed by atoms with E-state index in [0.29, 0.717) is 55.6 Å². The average molecular weight is 513 g/mol. The highest BCUT2D eigenvalue weighted by Gasteiger charge is 2.28. The predicted octanol–water partition coefficient (Wildman–Crippen LogP) is 5.69. The lowest BCUT2D eigenvalue weighted by Gasteiger charge is -2.22. The first-order valence-corrected chi connectivity index (χ1v) is 11.6. The number of aliphatic hydroxyl groups excluding tert-OH is 1. The molecule has 0 saturated heterocycles. The number of aliphatic hydroxyl groups is 1. The molecule has 0 radical (unpaired) electrons. The van der Waals surface area contributed by atoms with Crippen LogP contribution in [0.25, 0.3) is 10.9 Å². The molecule has 7 nitrogen and oxygen atoms in total. The van der Waals surface area contributed by atoms with Crippen LogP contribution in [0.15, 0.2) is 54.7 Å². The van der Waals surface area contributed by atoms with Crippen molar-refractivity contribution in [2.24, 2.45) is 0 Å². The summed E-state index contributed by atoms with van der Waals surface area (Å²) in [5, 5.41) is 13.5. The first-order chi connectivity index (χ1) is 17.3. The maximum atomic E-state index is 14.1. The largest absolute Gasteiger partial charge is 0.497 e. The Labute approximate surface area is 212 Å². The van der Waals surface area contributed by atoms with Gasteiger partial charge in [-0.05, 0) is 36.8 Å². The van der Waals surface area contributed by atoms with Crippen molar-refractivity contribution in [3.8, 4) is 17.2 Å². The number of ether oxygens (including phenoxy) is 3. The SMILES string of the molecule is COc1cc(NC(C(=O)c2c[nH]c3cc(F)c(C)cc23)c2ccc(Cl)cc2OC)cc(OCCO)c1. The number of aryl methyl sites for hydroxylation is 1. The van der Waals surface area contributed by atoms with Crippen molar-refractivity contribution >= 4 is 34.0 Å². The van der Waals surface area contributed by atoms with E-state index in [9.17, 15) is 9.18 Å². The van der Waals surface area contributed by atoms with E-state index in [2.05, 4.69) is 10.3 Å². The van der Waals surface area contributed by atoms with Gasteiger partial charge < -0.3 is 29.6 Å². The fourth-order valence-corrected chi connectivity index (χ4v) is 4.17. The monoisotopic (exact) mass is 512 g/mol. The van der Waals surface area contributed by atoms with E-state index in [0.717, 1.165) is 0 Å². The second kappa shape index (κ2) is 10.9. The first-order valence-electron chi connectivity index (χ1n) is 11.2. The molecule has 1 atom stereocenters. The third kappa shape index (κ3) is 5.24. The second-order valence-electron chi connectivity index (χ2n) is 8.15. The highest BCUT2D eigenvalue weighted by Crippen LogP contribution is 2.36. The van der Waals surface area contributed by atoms with Crippen molar-refractivity contribution in [2.75, 3.05) is 32.8 Å². The van der Waals surface area contributed by atoms with Gasteiger partial charge in [-0.25, -0.2) is 4.39 Å². The number of benzene rings is 3. The van der Waals surface area contributed by atoms with Gasteiger partial charge in [-0.15, -0.1) is 0 Å². The van der Waals surface area contributed by atoms with Gasteiger partial charge in [-0.3, -0.25) is 4.79 Å². The number of aromatic amines is 1. The van der Waals surface area contributed by atoms with Gasteiger partial charge in [0.1, 0.15) is 35.7 Å². The summed E-state index contributed by atoms with van der Waals surface area (Å²) in [5.41, 5.74) is 2.44. The van der Waals surface area contributed by atoms with Crippen molar-refractivity contribution < 1.29 is 28.5 Å². The molecule has 1 heterocycles. The fraction of sp³-hybridized carbons (Fsp3) is 0.222. The molecule has 0 aliphatic carbocycles. The summed E-state index contributed by atoms with van der Waals surface area (Å²) in [7, 11) is 3.02. The average Bonchev–Trinajstić information content (AvgIpc) is 3.28. The van der Waals surface area contributed by atoms with Crippen molar-refractivity contribution in [1.29, 1.82) is 0 Å². The van der Waals surface area contributed by atoms with Gasteiger partial charge in [0.2, 0.25) is 0 Å². The smallest absolute Gasteiger partial charge is 0.191 e. The number of ketones is 1. The summed E-state index contributed by atoms with van der Waals surface area (Å²) in [6.07, 6.45) is 1.57. The van der Waals surface area contributed by atoms with Crippen LogP contribution >= 0.6 is 11.6 Å². The molecule has 0 fully saturated rings. The van der Waals surface area contributed by atoms with Crippen LogP contribution in [-0.2, 0) is 0 Å². The number of Topliss-reactive ketones (excluding diaryl/α,β-unsaturated/α-hetero) is 1. The topological polar surface area (TPSA) is 92.8 Å². The number of carbonyl (C=O) groups is 1. The summed E-state index contributed by atoms with van der Waals surface area (Å²) >= 11 is 6.18. The Morgan fingerprint density at radius 3 is 2.61 bits per heavy atom. The molecule has 0 saturated carbocycles. The minimum Gasteiger partial charge on any atom is -0.497 e. The maximum absolute atomic E-state index is 14.1. The number of hydrogen-bond acceptors (Lipinski definition) is 6. The number of rotatable bonds is 10. The van der Waals surface area contributed by atoms with Gasteiger partial charge in [0.25, 0.3) is 0 Å². The van der Waals surface area contributed by atoms with Crippen LogP contribution in [0.3, 0.4) is 0 Å². The fourth-order valence-electron chi connectivity index (χ4n) is 4.01. The predicted molar refractivity (Wildman–Crippen MR) is 137 cm³/mol. The Bertz CT molecular complexity index is 1400. The summed E-state index contributed by atoms with van der Waals surface area (Å²) in [6.45, 7) is 1.60. The highest BCUT2D eigenvalue weighted by molar-refractivity contribution is 6.30. The molecule has 9 heteroatoms. The van der Waals surface area contributed by atoms with Gasteiger partial charge in [0.05, 0.1) is 20.8 Å². The Hall–Kier alpha value is -3.75. The van der Waals surface area contributed by atoms with Crippen LogP contribution in [0.5, 0.6) is 17.2 Å².